The summed E-state index contributed by atoms with van der Waals surface area (Å²) >= 11 is 0. The summed E-state index contributed by atoms with van der Waals surface area (Å²) in [6.07, 6.45) is 2.64. The monoisotopic (exact) mass is 290 g/mol. The zero-order valence-corrected chi connectivity index (χ0v) is 13.7. The summed E-state index contributed by atoms with van der Waals surface area (Å²) in [4.78, 5) is 0. The smallest absolute Gasteiger partial charge is 0.218 e. The second-order valence-electron chi connectivity index (χ2n) is 6.42. The highest BCUT2D eigenvalue weighted by atomic mass is 32.2. The third-order valence-corrected chi connectivity index (χ3v) is 6.04. The van der Waals surface area contributed by atoms with Gasteiger partial charge in [-0.15, -0.1) is 0 Å². The Bertz CT molecular complexity index is 334. The van der Waals surface area contributed by atoms with Gasteiger partial charge in [0.2, 0.25) is 10.0 Å². The molecule has 1 unspecified atom stereocenters. The first kappa shape index (κ1) is 16.9. The van der Waals surface area contributed by atoms with Gasteiger partial charge in [-0.05, 0) is 37.6 Å². The molecule has 0 spiro atoms. The molecular formula is C14H30N2O2S. The van der Waals surface area contributed by atoms with Gasteiger partial charge in [-0.3, -0.25) is 0 Å². The number of hydrogen-bond donors (Lipinski definition) is 1. The summed E-state index contributed by atoms with van der Waals surface area (Å²) < 4.78 is 27.0. The van der Waals surface area contributed by atoms with Crippen LogP contribution >= 0.6 is 0 Å². The molecule has 1 aliphatic rings. The molecule has 1 aliphatic heterocycles. The molecule has 5 heteroatoms. The topological polar surface area (TPSA) is 49.4 Å². The Kier molecular flexibility index (Phi) is 6.77. The van der Waals surface area contributed by atoms with E-state index in [0.29, 0.717) is 31.5 Å². The second kappa shape index (κ2) is 7.60. The Hall–Kier alpha value is -0.130. The van der Waals surface area contributed by atoms with Crippen molar-refractivity contribution in [2.45, 2.75) is 52.2 Å². The van der Waals surface area contributed by atoms with Crippen LogP contribution in [0.25, 0.3) is 0 Å². The van der Waals surface area contributed by atoms with Crippen LogP contribution in [0.2, 0.25) is 0 Å². The Morgan fingerprint density at radius 2 is 1.63 bits per heavy atom. The molecule has 0 aliphatic carbocycles. The van der Waals surface area contributed by atoms with Gasteiger partial charge >= 0.3 is 0 Å². The average Bonchev–Trinajstić information content (AvgIpc) is 2.81. The van der Waals surface area contributed by atoms with E-state index < -0.39 is 10.0 Å². The van der Waals surface area contributed by atoms with E-state index in [4.69, 9.17) is 0 Å². The maximum absolute atomic E-state index is 12.6. The molecule has 0 amide bonds. The second-order valence-corrected chi connectivity index (χ2v) is 8.64. The molecule has 114 valence electrons. The van der Waals surface area contributed by atoms with E-state index in [-0.39, 0.29) is 5.25 Å². The first-order chi connectivity index (χ1) is 8.84. The van der Waals surface area contributed by atoms with Crippen molar-refractivity contribution in [3.05, 3.63) is 0 Å². The Morgan fingerprint density at radius 3 is 2.00 bits per heavy atom. The lowest BCUT2D eigenvalue weighted by atomic mass is 10.1. The normalized spacial score (nSPS) is 20.9. The Labute approximate surface area is 119 Å². The van der Waals surface area contributed by atoms with Crippen LogP contribution in [0, 0.1) is 11.8 Å². The van der Waals surface area contributed by atoms with Crippen molar-refractivity contribution >= 4 is 10.0 Å². The molecule has 1 saturated heterocycles. The third-order valence-electron chi connectivity index (χ3n) is 3.71. The van der Waals surface area contributed by atoms with Gasteiger partial charge in [0, 0.05) is 19.6 Å². The average molecular weight is 290 g/mol. The lowest BCUT2D eigenvalue weighted by Crippen LogP contribution is -2.41. The minimum atomic E-state index is -3.12. The molecular weight excluding hydrogens is 260 g/mol. The van der Waals surface area contributed by atoms with Crippen LogP contribution in [0.4, 0.5) is 0 Å². The number of nitrogens with zero attached hydrogens (tertiary/aromatic N) is 1. The predicted molar refractivity (Wildman–Crippen MR) is 80.7 cm³/mol. The van der Waals surface area contributed by atoms with Crippen LogP contribution in [0.5, 0.6) is 0 Å². The summed E-state index contributed by atoms with van der Waals surface area (Å²) in [7, 11) is -3.12. The van der Waals surface area contributed by atoms with E-state index in [0.717, 1.165) is 25.8 Å². The van der Waals surface area contributed by atoms with E-state index in [1.54, 1.807) is 4.31 Å². The van der Waals surface area contributed by atoms with Crippen LogP contribution < -0.4 is 5.32 Å². The minimum absolute atomic E-state index is 0.216. The van der Waals surface area contributed by atoms with E-state index in [2.05, 4.69) is 33.0 Å². The quantitative estimate of drug-likeness (QED) is 0.744. The van der Waals surface area contributed by atoms with Gasteiger partial charge < -0.3 is 5.32 Å². The molecule has 1 heterocycles. The van der Waals surface area contributed by atoms with E-state index >= 15 is 0 Å². The summed E-state index contributed by atoms with van der Waals surface area (Å²) in [5.41, 5.74) is 0. The molecule has 0 bridgehead atoms. The fourth-order valence-corrected chi connectivity index (χ4v) is 4.15. The number of nitrogens with one attached hydrogen (secondary N) is 1. The summed E-state index contributed by atoms with van der Waals surface area (Å²) in [6.45, 7) is 11.4. The molecule has 0 radical (unpaired) electrons. The fourth-order valence-electron chi connectivity index (χ4n) is 2.26. The summed E-state index contributed by atoms with van der Waals surface area (Å²) in [5.74, 6) is 1.08. The van der Waals surface area contributed by atoms with E-state index in [9.17, 15) is 8.42 Å². The number of hydrogen-bond acceptors (Lipinski definition) is 3. The van der Waals surface area contributed by atoms with Crippen LogP contribution in [0.1, 0.15) is 47.0 Å². The van der Waals surface area contributed by atoms with Gasteiger partial charge in [0.15, 0.2) is 0 Å². The summed E-state index contributed by atoms with van der Waals surface area (Å²) in [6, 6.07) is 0. The maximum Gasteiger partial charge on any atom is 0.218 e. The highest BCUT2D eigenvalue weighted by Gasteiger charge is 2.33. The van der Waals surface area contributed by atoms with Crippen molar-refractivity contribution in [3.8, 4) is 0 Å². The lowest BCUT2D eigenvalue weighted by Gasteiger charge is -2.26. The van der Waals surface area contributed by atoms with E-state index in [1.807, 2.05) is 0 Å². The van der Waals surface area contributed by atoms with Gasteiger partial charge in [-0.2, -0.15) is 0 Å². The molecule has 1 fully saturated rings. The highest BCUT2D eigenvalue weighted by Crippen LogP contribution is 2.18. The molecule has 1 rings (SSSR count). The van der Waals surface area contributed by atoms with Gasteiger partial charge in [0.05, 0.1) is 5.25 Å². The van der Waals surface area contributed by atoms with Crippen LogP contribution in [0.15, 0.2) is 0 Å². The molecule has 0 saturated carbocycles. The Morgan fingerprint density at radius 1 is 1.11 bits per heavy atom. The number of sulfonamides is 1. The Balaban J connectivity index is 2.69. The fraction of sp³-hybridized carbons (Fsp3) is 1.00. The lowest BCUT2D eigenvalue weighted by molar-refractivity contribution is 0.353. The maximum atomic E-state index is 12.6. The van der Waals surface area contributed by atoms with Gasteiger partial charge in [-0.25, -0.2) is 12.7 Å². The standard InChI is InChI=1S/C14H30N2O2S/c1-12(2)6-9-16(10-7-13(3)4)19(17,18)14-5-8-15-11-14/h12-15H,5-11H2,1-4H3. The van der Waals surface area contributed by atoms with Crippen LogP contribution in [-0.2, 0) is 10.0 Å². The van der Waals surface area contributed by atoms with Crippen molar-refractivity contribution in [2.75, 3.05) is 26.2 Å². The zero-order valence-electron chi connectivity index (χ0n) is 12.9. The van der Waals surface area contributed by atoms with Gasteiger partial charge in [0.25, 0.3) is 0 Å². The first-order valence-corrected chi connectivity index (χ1v) is 9.04. The molecule has 1 N–H and O–H groups in total. The molecule has 19 heavy (non-hydrogen) atoms. The molecule has 0 aromatic rings. The van der Waals surface area contributed by atoms with Crippen molar-refractivity contribution in [1.29, 1.82) is 0 Å². The third kappa shape index (κ3) is 5.40. The van der Waals surface area contributed by atoms with E-state index in [1.165, 1.54) is 0 Å². The van der Waals surface area contributed by atoms with Crippen LogP contribution in [-0.4, -0.2) is 44.2 Å². The molecule has 1 atom stereocenters. The molecule has 0 aromatic carbocycles. The van der Waals surface area contributed by atoms with Crippen molar-refractivity contribution in [3.63, 3.8) is 0 Å². The first-order valence-electron chi connectivity index (χ1n) is 7.53. The number of rotatable bonds is 8. The van der Waals surface area contributed by atoms with Gasteiger partial charge in [-0.1, -0.05) is 27.7 Å². The molecule has 4 nitrogen and oxygen atoms in total. The van der Waals surface area contributed by atoms with Crippen molar-refractivity contribution in [2.24, 2.45) is 11.8 Å². The minimum Gasteiger partial charge on any atom is -0.315 e. The SMILES string of the molecule is CC(C)CCN(CCC(C)C)S(=O)(=O)C1CCNC1. The van der Waals surface area contributed by atoms with Gasteiger partial charge in [0.1, 0.15) is 0 Å². The van der Waals surface area contributed by atoms with Crippen molar-refractivity contribution < 1.29 is 8.42 Å². The summed E-state index contributed by atoms with van der Waals surface area (Å²) in [5, 5.41) is 2.94. The predicted octanol–water partition coefficient (Wildman–Crippen LogP) is 2.07. The molecule has 0 aromatic heterocycles. The van der Waals surface area contributed by atoms with Crippen LogP contribution in [0.3, 0.4) is 0 Å². The zero-order chi connectivity index (χ0) is 14.5. The largest absolute Gasteiger partial charge is 0.315 e. The van der Waals surface area contributed by atoms with Crippen molar-refractivity contribution in [1.82, 2.24) is 9.62 Å². The highest BCUT2D eigenvalue weighted by molar-refractivity contribution is 7.89.